The van der Waals surface area contributed by atoms with Gasteiger partial charge in [0.25, 0.3) is 0 Å². The molecule has 0 bridgehead atoms. The Balaban J connectivity index is 2.17. The highest BCUT2D eigenvalue weighted by atomic mass is 35.5. The Kier molecular flexibility index (Phi) is 5.12. The van der Waals surface area contributed by atoms with Crippen LogP contribution >= 0.6 is 11.6 Å². The Hall–Kier alpha value is -1.54. The molecule has 1 atom stereocenters. The van der Waals surface area contributed by atoms with Crippen LogP contribution in [0.5, 0.6) is 0 Å². The highest BCUT2D eigenvalue weighted by Crippen LogP contribution is 2.23. The molecule has 0 aromatic heterocycles. The number of aliphatic hydroxyl groups is 1. The van der Waals surface area contributed by atoms with Crippen molar-refractivity contribution in [2.45, 2.75) is 11.0 Å². The molecule has 0 aliphatic rings. The SMILES string of the molecule is O=S(=O)(NCC(O)c1ccccc1Cl)c1cccc(F)c1F. The Morgan fingerprint density at radius 2 is 1.82 bits per heavy atom. The van der Waals surface area contributed by atoms with Crippen LogP contribution in [0.25, 0.3) is 0 Å². The van der Waals surface area contributed by atoms with Gasteiger partial charge < -0.3 is 5.11 Å². The van der Waals surface area contributed by atoms with Gasteiger partial charge in [-0.25, -0.2) is 21.9 Å². The van der Waals surface area contributed by atoms with Crippen LogP contribution in [0, 0.1) is 11.6 Å². The number of halogens is 3. The second kappa shape index (κ2) is 6.70. The molecular formula is C14H12ClF2NO3S. The molecule has 0 fully saturated rings. The van der Waals surface area contributed by atoms with Crippen LogP contribution in [-0.4, -0.2) is 20.1 Å². The van der Waals surface area contributed by atoms with E-state index in [4.69, 9.17) is 11.6 Å². The standard InChI is InChI=1S/C14H12ClF2NO3S/c15-10-5-2-1-4-9(10)12(19)8-18-22(20,21)13-7-3-6-11(16)14(13)17/h1-7,12,18-19H,8H2. The molecule has 0 aliphatic heterocycles. The van der Waals surface area contributed by atoms with Crippen LogP contribution in [0.4, 0.5) is 8.78 Å². The highest BCUT2D eigenvalue weighted by Gasteiger charge is 2.23. The number of rotatable bonds is 5. The number of hydrogen-bond donors (Lipinski definition) is 2. The molecule has 0 aliphatic carbocycles. The fraction of sp³-hybridized carbons (Fsp3) is 0.143. The van der Waals surface area contributed by atoms with Gasteiger partial charge in [-0.2, -0.15) is 0 Å². The van der Waals surface area contributed by atoms with Crippen LogP contribution < -0.4 is 4.72 Å². The average Bonchev–Trinajstić information content (AvgIpc) is 2.48. The molecule has 22 heavy (non-hydrogen) atoms. The molecule has 0 heterocycles. The van der Waals surface area contributed by atoms with E-state index in [0.717, 1.165) is 18.2 Å². The van der Waals surface area contributed by atoms with Crippen LogP contribution in [0.1, 0.15) is 11.7 Å². The zero-order chi connectivity index (χ0) is 16.3. The molecule has 0 spiro atoms. The van der Waals surface area contributed by atoms with Gasteiger partial charge in [0.05, 0.1) is 6.10 Å². The van der Waals surface area contributed by atoms with E-state index in [1.807, 2.05) is 4.72 Å². The second-order valence-corrected chi connectivity index (χ2v) is 6.58. The predicted molar refractivity (Wildman–Crippen MR) is 78.0 cm³/mol. The summed E-state index contributed by atoms with van der Waals surface area (Å²) in [7, 11) is -4.30. The van der Waals surface area contributed by atoms with Crippen LogP contribution in [0.15, 0.2) is 47.4 Å². The molecule has 2 N–H and O–H groups in total. The lowest BCUT2D eigenvalue weighted by Gasteiger charge is -2.14. The maximum Gasteiger partial charge on any atom is 0.243 e. The first-order valence-electron chi connectivity index (χ1n) is 6.19. The van der Waals surface area contributed by atoms with Crippen molar-refractivity contribution in [3.05, 3.63) is 64.7 Å². The van der Waals surface area contributed by atoms with Crippen LogP contribution in [-0.2, 0) is 10.0 Å². The number of aliphatic hydroxyl groups excluding tert-OH is 1. The van der Waals surface area contributed by atoms with Gasteiger partial charge in [-0.05, 0) is 18.2 Å². The van der Waals surface area contributed by atoms with E-state index < -0.39 is 39.2 Å². The Morgan fingerprint density at radius 1 is 1.14 bits per heavy atom. The molecule has 118 valence electrons. The first-order valence-corrected chi connectivity index (χ1v) is 8.05. The lowest BCUT2D eigenvalue weighted by atomic mass is 10.1. The van der Waals surface area contributed by atoms with Gasteiger partial charge in [0.2, 0.25) is 10.0 Å². The molecule has 2 aromatic carbocycles. The predicted octanol–water partition coefficient (Wildman–Crippen LogP) is 2.63. The van der Waals surface area contributed by atoms with Crippen molar-refractivity contribution in [2.75, 3.05) is 6.54 Å². The summed E-state index contributed by atoms with van der Waals surface area (Å²) >= 11 is 5.89. The number of benzene rings is 2. The minimum atomic E-state index is -4.30. The molecule has 0 amide bonds. The third-order valence-electron chi connectivity index (χ3n) is 2.94. The topological polar surface area (TPSA) is 66.4 Å². The zero-order valence-electron chi connectivity index (χ0n) is 11.1. The minimum Gasteiger partial charge on any atom is -0.387 e. The highest BCUT2D eigenvalue weighted by molar-refractivity contribution is 7.89. The van der Waals surface area contributed by atoms with Crippen molar-refractivity contribution >= 4 is 21.6 Å². The molecule has 8 heteroatoms. The Bertz CT molecular complexity index is 783. The number of hydrogen-bond acceptors (Lipinski definition) is 3. The molecular weight excluding hydrogens is 336 g/mol. The van der Waals surface area contributed by atoms with E-state index in [2.05, 4.69) is 0 Å². The molecule has 0 radical (unpaired) electrons. The lowest BCUT2D eigenvalue weighted by Crippen LogP contribution is -2.29. The molecule has 2 rings (SSSR count). The maximum absolute atomic E-state index is 13.5. The fourth-order valence-corrected chi connectivity index (χ4v) is 3.20. The molecule has 2 aromatic rings. The summed E-state index contributed by atoms with van der Waals surface area (Å²) in [4.78, 5) is -0.821. The van der Waals surface area contributed by atoms with Gasteiger partial charge >= 0.3 is 0 Å². The maximum atomic E-state index is 13.5. The summed E-state index contributed by atoms with van der Waals surface area (Å²) in [5, 5.41) is 10.2. The largest absolute Gasteiger partial charge is 0.387 e. The zero-order valence-corrected chi connectivity index (χ0v) is 12.7. The smallest absolute Gasteiger partial charge is 0.243 e. The van der Waals surface area contributed by atoms with Gasteiger partial charge in [0.1, 0.15) is 4.90 Å². The monoisotopic (exact) mass is 347 g/mol. The molecule has 4 nitrogen and oxygen atoms in total. The normalized spacial score (nSPS) is 13.1. The second-order valence-electron chi connectivity index (χ2n) is 4.44. The first-order chi connectivity index (χ1) is 10.3. The van der Waals surface area contributed by atoms with Gasteiger partial charge in [-0.3, -0.25) is 0 Å². The molecule has 0 saturated carbocycles. The van der Waals surface area contributed by atoms with Gasteiger partial charge in [-0.1, -0.05) is 35.9 Å². The van der Waals surface area contributed by atoms with Crippen molar-refractivity contribution in [3.63, 3.8) is 0 Å². The minimum absolute atomic E-state index is 0.270. The summed E-state index contributed by atoms with van der Waals surface area (Å²) in [5.41, 5.74) is 0.326. The van der Waals surface area contributed by atoms with Crippen LogP contribution in [0.3, 0.4) is 0 Å². The average molecular weight is 348 g/mol. The summed E-state index contributed by atoms with van der Waals surface area (Å²) in [6.45, 7) is -0.429. The van der Waals surface area contributed by atoms with Gasteiger partial charge in [0, 0.05) is 17.1 Å². The summed E-state index contributed by atoms with van der Waals surface area (Å²) in [6.07, 6.45) is -1.22. The third kappa shape index (κ3) is 3.61. The van der Waals surface area contributed by atoms with Crippen molar-refractivity contribution in [2.24, 2.45) is 0 Å². The number of sulfonamides is 1. The van der Waals surface area contributed by atoms with E-state index in [1.54, 1.807) is 18.2 Å². The summed E-state index contributed by atoms with van der Waals surface area (Å²) in [6, 6.07) is 9.19. The Morgan fingerprint density at radius 3 is 2.50 bits per heavy atom. The lowest BCUT2D eigenvalue weighted by molar-refractivity contribution is 0.182. The van der Waals surface area contributed by atoms with Gasteiger partial charge in [0.15, 0.2) is 11.6 Å². The van der Waals surface area contributed by atoms with E-state index in [0.29, 0.717) is 5.56 Å². The van der Waals surface area contributed by atoms with Gasteiger partial charge in [-0.15, -0.1) is 0 Å². The van der Waals surface area contributed by atoms with Crippen molar-refractivity contribution in [1.29, 1.82) is 0 Å². The fourth-order valence-electron chi connectivity index (χ4n) is 1.81. The van der Waals surface area contributed by atoms with Crippen LogP contribution in [0.2, 0.25) is 5.02 Å². The van der Waals surface area contributed by atoms with Crippen molar-refractivity contribution in [3.8, 4) is 0 Å². The summed E-state index contributed by atoms with van der Waals surface area (Å²) in [5.74, 6) is -2.74. The first kappa shape index (κ1) is 16.8. The van der Waals surface area contributed by atoms with E-state index in [-0.39, 0.29) is 5.02 Å². The van der Waals surface area contributed by atoms with E-state index >= 15 is 0 Å². The van der Waals surface area contributed by atoms with Crippen molar-refractivity contribution < 1.29 is 22.3 Å². The quantitative estimate of drug-likeness (QED) is 0.873. The third-order valence-corrected chi connectivity index (χ3v) is 4.72. The molecule has 1 unspecified atom stereocenters. The number of nitrogens with one attached hydrogen (secondary N) is 1. The molecule has 0 saturated heterocycles. The summed E-state index contributed by atoms with van der Waals surface area (Å²) < 4.78 is 52.6. The van der Waals surface area contributed by atoms with Crippen molar-refractivity contribution in [1.82, 2.24) is 4.72 Å². The van der Waals surface area contributed by atoms with E-state index in [9.17, 15) is 22.3 Å². The Labute approximate surface area is 131 Å². The van der Waals surface area contributed by atoms with E-state index in [1.165, 1.54) is 6.07 Å².